The predicted octanol–water partition coefficient (Wildman–Crippen LogP) is 2.80. The number of hydrogen-bond donors (Lipinski definition) is 1. The SMILES string of the molecule is CCOc1nn2ncccc2c1CNC(=O)c1ccc(OC(F)F)c(F)c1. The zero-order chi connectivity index (χ0) is 19.4. The van der Waals surface area contributed by atoms with Crippen LogP contribution < -0.4 is 14.8 Å². The third kappa shape index (κ3) is 4.10. The lowest BCUT2D eigenvalue weighted by molar-refractivity contribution is -0.0521. The number of rotatable bonds is 7. The van der Waals surface area contributed by atoms with Gasteiger partial charge in [-0.15, -0.1) is 9.73 Å². The molecule has 0 aliphatic rings. The summed E-state index contributed by atoms with van der Waals surface area (Å²) in [6, 6.07) is 6.47. The molecule has 0 unspecified atom stereocenters. The van der Waals surface area contributed by atoms with Gasteiger partial charge in [0.05, 0.1) is 24.2 Å². The number of halogens is 3. The van der Waals surface area contributed by atoms with Crippen molar-refractivity contribution in [2.45, 2.75) is 20.1 Å². The smallest absolute Gasteiger partial charge is 0.387 e. The first kappa shape index (κ1) is 18.5. The average Bonchev–Trinajstić information content (AvgIpc) is 2.98. The first-order valence-electron chi connectivity index (χ1n) is 7.98. The molecule has 0 fully saturated rings. The van der Waals surface area contributed by atoms with Crippen LogP contribution in [0.3, 0.4) is 0 Å². The van der Waals surface area contributed by atoms with Crippen LogP contribution in [0.4, 0.5) is 13.2 Å². The Kier molecular flexibility index (Phi) is 5.43. The van der Waals surface area contributed by atoms with Crippen LogP contribution in [-0.2, 0) is 6.54 Å². The molecule has 1 amide bonds. The van der Waals surface area contributed by atoms with Crippen molar-refractivity contribution in [1.29, 1.82) is 0 Å². The van der Waals surface area contributed by atoms with Gasteiger partial charge in [-0.05, 0) is 37.3 Å². The average molecular weight is 380 g/mol. The van der Waals surface area contributed by atoms with Crippen molar-refractivity contribution in [1.82, 2.24) is 20.1 Å². The molecular formula is C17H15F3N4O3. The summed E-state index contributed by atoms with van der Waals surface area (Å²) >= 11 is 0. The standard InChI is InChI=1S/C17H15F3N4O3/c1-2-26-16-11(13-4-3-7-22-24(13)23-16)9-21-15(25)10-5-6-14(12(18)8-10)27-17(19)20/h3-8,17H,2,9H2,1H3,(H,21,25). The first-order valence-corrected chi connectivity index (χ1v) is 7.98. The van der Waals surface area contributed by atoms with Gasteiger partial charge in [-0.1, -0.05) is 0 Å². The molecule has 0 aliphatic carbocycles. The Morgan fingerprint density at radius 3 is 2.85 bits per heavy atom. The van der Waals surface area contributed by atoms with E-state index < -0.39 is 24.1 Å². The van der Waals surface area contributed by atoms with E-state index in [2.05, 4.69) is 20.3 Å². The van der Waals surface area contributed by atoms with Crippen LogP contribution in [-0.4, -0.2) is 34.0 Å². The van der Waals surface area contributed by atoms with Crippen LogP contribution in [0.15, 0.2) is 36.5 Å². The second kappa shape index (κ2) is 7.94. The van der Waals surface area contributed by atoms with E-state index in [9.17, 15) is 18.0 Å². The van der Waals surface area contributed by atoms with Gasteiger partial charge in [-0.3, -0.25) is 4.79 Å². The number of nitrogens with zero attached hydrogens (tertiary/aromatic N) is 3. The van der Waals surface area contributed by atoms with Crippen LogP contribution >= 0.6 is 0 Å². The highest BCUT2D eigenvalue weighted by atomic mass is 19.3. The minimum atomic E-state index is -3.15. The number of amides is 1. The molecule has 2 heterocycles. The summed E-state index contributed by atoms with van der Waals surface area (Å²) in [4.78, 5) is 12.3. The number of ether oxygens (including phenoxy) is 2. The van der Waals surface area contributed by atoms with Gasteiger partial charge in [0.2, 0.25) is 5.88 Å². The maximum atomic E-state index is 13.8. The summed E-state index contributed by atoms with van der Waals surface area (Å²) < 4.78 is 49.0. The molecule has 0 saturated heterocycles. The molecule has 10 heteroatoms. The van der Waals surface area contributed by atoms with E-state index in [1.807, 2.05) is 0 Å². The fourth-order valence-electron chi connectivity index (χ4n) is 2.44. The zero-order valence-corrected chi connectivity index (χ0v) is 14.2. The first-order chi connectivity index (χ1) is 13.0. The normalized spacial score (nSPS) is 11.0. The number of fused-ring (bicyclic) bond motifs is 1. The minimum absolute atomic E-state index is 0.0401. The highest BCUT2D eigenvalue weighted by Gasteiger charge is 2.17. The summed E-state index contributed by atoms with van der Waals surface area (Å²) in [5.74, 6) is -1.96. The molecule has 0 saturated carbocycles. The van der Waals surface area contributed by atoms with Crippen LogP contribution in [0.1, 0.15) is 22.8 Å². The van der Waals surface area contributed by atoms with Gasteiger partial charge < -0.3 is 14.8 Å². The maximum Gasteiger partial charge on any atom is 0.387 e. The number of nitrogens with one attached hydrogen (secondary N) is 1. The van der Waals surface area contributed by atoms with Crippen LogP contribution in [0.5, 0.6) is 11.6 Å². The van der Waals surface area contributed by atoms with Crippen LogP contribution in [0.2, 0.25) is 0 Å². The quantitative estimate of drug-likeness (QED) is 0.682. The molecule has 3 aromatic rings. The Balaban J connectivity index is 1.77. The Morgan fingerprint density at radius 2 is 2.15 bits per heavy atom. The third-order valence-corrected chi connectivity index (χ3v) is 3.60. The molecule has 1 aromatic carbocycles. The predicted molar refractivity (Wildman–Crippen MR) is 88.4 cm³/mol. The van der Waals surface area contributed by atoms with Crippen molar-refractivity contribution in [3.63, 3.8) is 0 Å². The number of benzene rings is 1. The van der Waals surface area contributed by atoms with E-state index >= 15 is 0 Å². The zero-order valence-electron chi connectivity index (χ0n) is 14.2. The minimum Gasteiger partial charge on any atom is -0.477 e. The molecule has 1 N–H and O–H groups in total. The number of alkyl halides is 2. The molecule has 142 valence electrons. The van der Waals surface area contributed by atoms with Gasteiger partial charge in [0.25, 0.3) is 5.91 Å². The molecule has 27 heavy (non-hydrogen) atoms. The van der Waals surface area contributed by atoms with E-state index in [-0.39, 0.29) is 12.1 Å². The Labute approximate surface area is 151 Å². The van der Waals surface area contributed by atoms with E-state index in [4.69, 9.17) is 4.74 Å². The van der Waals surface area contributed by atoms with Gasteiger partial charge in [-0.2, -0.15) is 13.9 Å². The molecule has 2 aromatic heterocycles. The van der Waals surface area contributed by atoms with Gasteiger partial charge >= 0.3 is 6.61 Å². The second-order valence-electron chi connectivity index (χ2n) is 5.32. The summed E-state index contributed by atoms with van der Waals surface area (Å²) in [6.07, 6.45) is 1.56. The maximum absolute atomic E-state index is 13.8. The number of carbonyl (C=O) groups excluding carboxylic acids is 1. The highest BCUT2D eigenvalue weighted by Crippen LogP contribution is 2.23. The lowest BCUT2D eigenvalue weighted by atomic mass is 10.2. The molecule has 0 radical (unpaired) electrons. The fraction of sp³-hybridized carbons (Fsp3) is 0.235. The van der Waals surface area contributed by atoms with Gasteiger partial charge in [0.1, 0.15) is 0 Å². The van der Waals surface area contributed by atoms with Crippen molar-refractivity contribution in [2.75, 3.05) is 6.61 Å². The van der Waals surface area contributed by atoms with Crippen molar-refractivity contribution >= 4 is 11.4 Å². The van der Waals surface area contributed by atoms with Gasteiger partial charge in [0, 0.05) is 11.8 Å². The van der Waals surface area contributed by atoms with Gasteiger partial charge in [0.15, 0.2) is 11.6 Å². The number of hydrogen-bond acceptors (Lipinski definition) is 5. The molecule has 0 atom stereocenters. The Hall–Kier alpha value is -3.30. The molecule has 0 spiro atoms. The van der Waals surface area contributed by atoms with E-state index in [0.29, 0.717) is 23.6 Å². The molecular weight excluding hydrogens is 365 g/mol. The van der Waals surface area contributed by atoms with Gasteiger partial charge in [-0.25, -0.2) is 4.39 Å². The summed E-state index contributed by atoms with van der Waals surface area (Å²) in [6.45, 7) is -0.923. The Morgan fingerprint density at radius 1 is 1.33 bits per heavy atom. The Bertz CT molecular complexity index is 962. The largest absolute Gasteiger partial charge is 0.477 e. The van der Waals surface area contributed by atoms with Crippen molar-refractivity contribution in [3.05, 3.63) is 53.5 Å². The molecule has 0 bridgehead atoms. The van der Waals surface area contributed by atoms with E-state index in [1.54, 1.807) is 25.3 Å². The number of aromatic nitrogens is 3. The lowest BCUT2D eigenvalue weighted by Crippen LogP contribution is -2.23. The van der Waals surface area contributed by atoms with E-state index in [1.165, 1.54) is 10.7 Å². The molecule has 7 nitrogen and oxygen atoms in total. The third-order valence-electron chi connectivity index (χ3n) is 3.60. The van der Waals surface area contributed by atoms with Crippen molar-refractivity contribution in [3.8, 4) is 11.6 Å². The van der Waals surface area contributed by atoms with Crippen LogP contribution in [0.25, 0.3) is 5.52 Å². The monoisotopic (exact) mass is 380 g/mol. The molecule has 0 aliphatic heterocycles. The highest BCUT2D eigenvalue weighted by molar-refractivity contribution is 5.94. The second-order valence-corrected chi connectivity index (χ2v) is 5.32. The topological polar surface area (TPSA) is 77.8 Å². The van der Waals surface area contributed by atoms with Crippen molar-refractivity contribution in [2.24, 2.45) is 0 Å². The lowest BCUT2D eigenvalue weighted by Gasteiger charge is -2.09. The fourth-order valence-corrected chi connectivity index (χ4v) is 2.44. The summed E-state index contributed by atoms with van der Waals surface area (Å²) in [5.41, 5.74) is 1.21. The molecule has 3 rings (SSSR count). The van der Waals surface area contributed by atoms with E-state index in [0.717, 1.165) is 12.1 Å². The summed E-state index contributed by atoms with van der Waals surface area (Å²) in [7, 11) is 0. The number of carbonyl (C=O) groups is 1. The summed E-state index contributed by atoms with van der Waals surface area (Å²) in [5, 5.41) is 10.9. The van der Waals surface area contributed by atoms with Crippen molar-refractivity contribution < 1.29 is 27.4 Å². The van der Waals surface area contributed by atoms with Crippen LogP contribution in [0, 0.1) is 5.82 Å².